The summed E-state index contributed by atoms with van der Waals surface area (Å²) < 4.78 is 5.85. The number of hydrogen-bond donors (Lipinski definition) is 2. The molecule has 0 spiro atoms. The predicted octanol–water partition coefficient (Wildman–Crippen LogP) is 3.65. The molecule has 0 aliphatic carbocycles. The number of ether oxygens (including phenoxy) is 1. The van der Waals surface area contributed by atoms with E-state index in [2.05, 4.69) is 50.2 Å². The third-order valence-corrected chi connectivity index (χ3v) is 5.46. The number of piperazine rings is 1. The summed E-state index contributed by atoms with van der Waals surface area (Å²) >= 11 is 0. The number of rotatable bonds is 4. The quantitative estimate of drug-likeness (QED) is 0.557. The SMILES string of the molecule is CC(C)Oc1ccc2[nH]nc(-c3nc4ccc(N5CCN(C)CC5)cc4[nH]3)c2c1. The Morgan fingerprint density at radius 2 is 1.83 bits per heavy atom. The number of hydrogen-bond acceptors (Lipinski definition) is 5. The molecule has 1 fully saturated rings. The highest BCUT2D eigenvalue weighted by Crippen LogP contribution is 2.30. The van der Waals surface area contributed by atoms with Crippen molar-refractivity contribution in [3.8, 4) is 17.3 Å². The summed E-state index contributed by atoms with van der Waals surface area (Å²) in [6, 6.07) is 12.4. The van der Waals surface area contributed by atoms with Crippen LogP contribution in [0.4, 0.5) is 5.69 Å². The van der Waals surface area contributed by atoms with Crippen molar-refractivity contribution in [3.05, 3.63) is 36.4 Å². The van der Waals surface area contributed by atoms with Crippen molar-refractivity contribution in [3.63, 3.8) is 0 Å². The highest BCUT2D eigenvalue weighted by atomic mass is 16.5. The lowest BCUT2D eigenvalue weighted by Crippen LogP contribution is -2.44. The molecule has 0 saturated carbocycles. The molecule has 2 N–H and O–H groups in total. The number of aromatic amines is 2. The first kappa shape index (κ1) is 18.0. The molecule has 0 amide bonds. The van der Waals surface area contributed by atoms with Crippen LogP contribution in [0.2, 0.25) is 0 Å². The highest BCUT2D eigenvalue weighted by Gasteiger charge is 2.17. The minimum Gasteiger partial charge on any atom is -0.491 e. The lowest BCUT2D eigenvalue weighted by atomic mass is 10.2. The molecule has 3 heterocycles. The van der Waals surface area contributed by atoms with Crippen molar-refractivity contribution in [2.75, 3.05) is 38.1 Å². The Labute approximate surface area is 169 Å². The molecule has 1 aliphatic heterocycles. The standard InChI is InChI=1S/C22H26N6O/c1-14(2)29-16-5-7-18-17(13-16)21(26-25-18)22-23-19-6-4-15(12-20(19)24-22)28-10-8-27(3)9-11-28/h4-7,12-14H,8-11H2,1-3H3,(H,23,24)(H,25,26). The van der Waals surface area contributed by atoms with Crippen LogP contribution in [0.25, 0.3) is 33.5 Å². The summed E-state index contributed by atoms with van der Waals surface area (Å²) in [5, 5.41) is 8.61. The first-order valence-electron chi connectivity index (χ1n) is 10.2. The summed E-state index contributed by atoms with van der Waals surface area (Å²) in [5.41, 5.74) is 4.99. The van der Waals surface area contributed by atoms with Gasteiger partial charge in [-0.15, -0.1) is 0 Å². The fraction of sp³-hybridized carbons (Fsp3) is 0.364. The number of aromatic nitrogens is 4. The molecule has 1 aliphatic rings. The monoisotopic (exact) mass is 390 g/mol. The molecular formula is C22H26N6O. The fourth-order valence-corrected chi connectivity index (χ4v) is 3.89. The van der Waals surface area contributed by atoms with E-state index >= 15 is 0 Å². The van der Waals surface area contributed by atoms with Crippen LogP contribution >= 0.6 is 0 Å². The van der Waals surface area contributed by atoms with Crippen molar-refractivity contribution in [1.82, 2.24) is 25.1 Å². The number of nitrogens with one attached hydrogen (secondary N) is 2. The van der Waals surface area contributed by atoms with Crippen LogP contribution in [0, 0.1) is 0 Å². The first-order chi connectivity index (χ1) is 14.1. The van der Waals surface area contributed by atoms with E-state index in [1.807, 2.05) is 32.0 Å². The molecule has 0 atom stereocenters. The lowest BCUT2D eigenvalue weighted by Gasteiger charge is -2.34. The summed E-state index contributed by atoms with van der Waals surface area (Å²) in [7, 11) is 2.17. The van der Waals surface area contributed by atoms with Crippen molar-refractivity contribution in [2.24, 2.45) is 0 Å². The van der Waals surface area contributed by atoms with Gasteiger partial charge in [-0.1, -0.05) is 0 Å². The lowest BCUT2D eigenvalue weighted by molar-refractivity contribution is 0.243. The van der Waals surface area contributed by atoms with Gasteiger partial charge in [-0.3, -0.25) is 5.10 Å². The smallest absolute Gasteiger partial charge is 0.159 e. The number of H-pyrrole nitrogens is 2. The Morgan fingerprint density at radius 1 is 1.00 bits per heavy atom. The molecule has 150 valence electrons. The Balaban J connectivity index is 1.50. The molecule has 29 heavy (non-hydrogen) atoms. The van der Waals surface area contributed by atoms with Crippen molar-refractivity contribution < 1.29 is 4.74 Å². The molecule has 5 rings (SSSR count). The zero-order chi connectivity index (χ0) is 20.0. The average molecular weight is 390 g/mol. The largest absolute Gasteiger partial charge is 0.491 e. The predicted molar refractivity (Wildman–Crippen MR) is 117 cm³/mol. The van der Waals surface area contributed by atoms with Gasteiger partial charge in [-0.25, -0.2) is 4.98 Å². The maximum atomic E-state index is 5.85. The van der Waals surface area contributed by atoms with Gasteiger partial charge < -0.3 is 19.5 Å². The Kier molecular flexibility index (Phi) is 4.39. The fourth-order valence-electron chi connectivity index (χ4n) is 3.89. The minimum atomic E-state index is 0.127. The van der Waals surface area contributed by atoms with Crippen molar-refractivity contribution in [2.45, 2.75) is 20.0 Å². The number of imidazole rings is 1. The van der Waals surface area contributed by atoms with Crippen molar-refractivity contribution in [1.29, 1.82) is 0 Å². The molecule has 4 aromatic rings. The summed E-state index contributed by atoms with van der Waals surface area (Å²) in [6.45, 7) is 8.32. The van der Waals surface area contributed by atoms with Gasteiger partial charge in [0, 0.05) is 37.3 Å². The number of benzene rings is 2. The van der Waals surface area contributed by atoms with Crippen molar-refractivity contribution >= 4 is 27.6 Å². The van der Waals surface area contributed by atoms with Gasteiger partial charge in [0.25, 0.3) is 0 Å². The molecule has 2 aromatic heterocycles. The van der Waals surface area contributed by atoms with E-state index in [9.17, 15) is 0 Å². The molecule has 0 radical (unpaired) electrons. The molecule has 2 aromatic carbocycles. The molecule has 7 heteroatoms. The molecule has 0 unspecified atom stereocenters. The van der Waals surface area contributed by atoms with Gasteiger partial charge in [-0.05, 0) is 57.3 Å². The maximum Gasteiger partial charge on any atom is 0.159 e. The van der Waals surface area contributed by atoms with E-state index in [1.54, 1.807) is 0 Å². The van der Waals surface area contributed by atoms with Gasteiger partial charge in [-0.2, -0.15) is 5.10 Å². The number of anilines is 1. The van der Waals surface area contributed by atoms with Gasteiger partial charge >= 0.3 is 0 Å². The first-order valence-corrected chi connectivity index (χ1v) is 10.2. The van der Waals surface area contributed by atoms with Crippen LogP contribution in [0.15, 0.2) is 36.4 Å². The second-order valence-corrected chi connectivity index (χ2v) is 8.02. The molecule has 7 nitrogen and oxygen atoms in total. The molecule has 1 saturated heterocycles. The number of likely N-dealkylation sites (N-methyl/N-ethyl adjacent to an activating group) is 1. The van der Waals surface area contributed by atoms with Crippen LogP contribution in [-0.2, 0) is 0 Å². The summed E-state index contributed by atoms with van der Waals surface area (Å²) in [6.07, 6.45) is 0.127. The van der Waals surface area contributed by atoms with Crippen LogP contribution in [-0.4, -0.2) is 64.4 Å². The van der Waals surface area contributed by atoms with Crippen LogP contribution in [0.3, 0.4) is 0 Å². The second kappa shape index (κ2) is 7.08. The van der Waals surface area contributed by atoms with E-state index in [4.69, 9.17) is 9.72 Å². The zero-order valence-electron chi connectivity index (χ0n) is 17.1. The summed E-state index contributed by atoms with van der Waals surface area (Å²) in [5.74, 6) is 1.60. The average Bonchev–Trinajstić information content (AvgIpc) is 3.30. The Morgan fingerprint density at radius 3 is 2.62 bits per heavy atom. The van der Waals surface area contributed by atoms with E-state index in [0.717, 1.165) is 65.4 Å². The van der Waals surface area contributed by atoms with Gasteiger partial charge in [0.2, 0.25) is 0 Å². The number of fused-ring (bicyclic) bond motifs is 2. The second-order valence-electron chi connectivity index (χ2n) is 8.02. The maximum absolute atomic E-state index is 5.85. The van der Waals surface area contributed by atoms with E-state index in [0.29, 0.717) is 0 Å². The third-order valence-electron chi connectivity index (χ3n) is 5.46. The van der Waals surface area contributed by atoms with Crippen LogP contribution < -0.4 is 9.64 Å². The van der Waals surface area contributed by atoms with E-state index < -0.39 is 0 Å². The number of nitrogens with zero attached hydrogens (tertiary/aromatic N) is 4. The van der Waals surface area contributed by atoms with Gasteiger partial charge in [0.15, 0.2) is 5.82 Å². The van der Waals surface area contributed by atoms with E-state index in [1.165, 1.54) is 5.69 Å². The van der Waals surface area contributed by atoms with Gasteiger partial charge in [0.1, 0.15) is 11.4 Å². The third kappa shape index (κ3) is 3.42. The van der Waals surface area contributed by atoms with E-state index in [-0.39, 0.29) is 6.10 Å². The summed E-state index contributed by atoms with van der Waals surface area (Å²) in [4.78, 5) is 13.1. The Bertz CT molecular complexity index is 1150. The van der Waals surface area contributed by atoms with Crippen LogP contribution in [0.5, 0.6) is 5.75 Å². The molecule has 0 bridgehead atoms. The highest BCUT2D eigenvalue weighted by molar-refractivity contribution is 5.94. The topological polar surface area (TPSA) is 73.1 Å². The normalized spacial score (nSPS) is 15.7. The van der Waals surface area contributed by atoms with Gasteiger partial charge in [0.05, 0.1) is 22.7 Å². The zero-order valence-corrected chi connectivity index (χ0v) is 17.1. The Hall–Kier alpha value is -3.06. The minimum absolute atomic E-state index is 0.127. The molecular weight excluding hydrogens is 364 g/mol. The van der Waals surface area contributed by atoms with Crippen LogP contribution in [0.1, 0.15) is 13.8 Å².